The Bertz CT molecular complexity index is 487. The number of ether oxygens (including phenoxy) is 1. The van der Waals surface area contributed by atoms with Crippen molar-refractivity contribution >= 4 is 5.91 Å². The summed E-state index contributed by atoms with van der Waals surface area (Å²) in [5.41, 5.74) is 2.23. The Morgan fingerprint density at radius 1 is 1.38 bits per heavy atom. The summed E-state index contributed by atoms with van der Waals surface area (Å²) in [6.07, 6.45) is 3.39. The molecule has 1 fully saturated rings. The number of aliphatic hydroxyl groups excluding tert-OH is 1. The minimum Gasteiger partial charge on any atom is -0.493 e. The van der Waals surface area contributed by atoms with E-state index in [1.807, 2.05) is 36.9 Å². The van der Waals surface area contributed by atoms with Crippen LogP contribution in [0.25, 0.3) is 0 Å². The van der Waals surface area contributed by atoms with Gasteiger partial charge in [-0.25, -0.2) is 0 Å². The van der Waals surface area contributed by atoms with Crippen molar-refractivity contribution in [3.63, 3.8) is 0 Å². The summed E-state index contributed by atoms with van der Waals surface area (Å²) in [5.74, 6) is 0.930. The summed E-state index contributed by atoms with van der Waals surface area (Å²) in [4.78, 5) is 14.1. The highest BCUT2D eigenvalue weighted by Crippen LogP contribution is 2.20. The van der Waals surface area contributed by atoms with Crippen LogP contribution in [0, 0.1) is 13.8 Å². The molecule has 1 aromatic rings. The molecule has 1 amide bonds. The lowest BCUT2D eigenvalue weighted by molar-refractivity contribution is -0.136. The Labute approximate surface area is 126 Å². The van der Waals surface area contributed by atoms with Crippen molar-refractivity contribution in [2.45, 2.75) is 45.6 Å². The lowest BCUT2D eigenvalue weighted by Crippen LogP contribution is -2.46. The van der Waals surface area contributed by atoms with E-state index in [9.17, 15) is 9.90 Å². The summed E-state index contributed by atoms with van der Waals surface area (Å²) < 4.78 is 5.74. The van der Waals surface area contributed by atoms with E-state index in [0.717, 1.165) is 42.7 Å². The normalized spacial score (nSPS) is 18.6. The summed E-state index contributed by atoms with van der Waals surface area (Å²) >= 11 is 0. The minimum absolute atomic E-state index is 0.00745. The Morgan fingerprint density at radius 3 is 2.95 bits per heavy atom. The molecule has 116 valence electrons. The van der Waals surface area contributed by atoms with Crippen LogP contribution >= 0.6 is 0 Å². The van der Waals surface area contributed by atoms with Crippen LogP contribution in [-0.4, -0.2) is 41.7 Å². The molecule has 21 heavy (non-hydrogen) atoms. The zero-order valence-corrected chi connectivity index (χ0v) is 13.0. The molecule has 1 aliphatic heterocycles. The van der Waals surface area contributed by atoms with Crippen molar-refractivity contribution in [1.29, 1.82) is 0 Å². The molecule has 1 heterocycles. The average Bonchev–Trinajstić information content (AvgIpc) is 2.50. The van der Waals surface area contributed by atoms with Crippen LogP contribution in [0.3, 0.4) is 0 Å². The molecule has 1 unspecified atom stereocenters. The molecular formula is C17H25NO3. The van der Waals surface area contributed by atoms with E-state index in [1.54, 1.807) is 0 Å². The molecule has 1 N–H and O–H groups in total. The highest BCUT2D eigenvalue weighted by atomic mass is 16.5. The molecule has 4 nitrogen and oxygen atoms in total. The quantitative estimate of drug-likeness (QED) is 0.906. The monoisotopic (exact) mass is 291 g/mol. The van der Waals surface area contributed by atoms with Crippen molar-refractivity contribution in [3.8, 4) is 5.75 Å². The van der Waals surface area contributed by atoms with Crippen LogP contribution < -0.4 is 4.74 Å². The number of aryl methyl sites for hydroxylation is 2. The lowest BCUT2D eigenvalue weighted by Gasteiger charge is -2.34. The second-order valence-electron chi connectivity index (χ2n) is 5.79. The topological polar surface area (TPSA) is 49.8 Å². The van der Waals surface area contributed by atoms with Gasteiger partial charge in [0.05, 0.1) is 25.7 Å². The van der Waals surface area contributed by atoms with Crippen molar-refractivity contribution in [3.05, 3.63) is 29.3 Å². The Kier molecular flexibility index (Phi) is 5.62. The number of nitrogens with zero attached hydrogens (tertiary/aromatic N) is 1. The largest absolute Gasteiger partial charge is 0.493 e. The molecule has 0 saturated carbocycles. The van der Waals surface area contributed by atoms with Crippen LogP contribution in [0.2, 0.25) is 0 Å². The van der Waals surface area contributed by atoms with Gasteiger partial charge in [-0.1, -0.05) is 12.1 Å². The molecule has 1 saturated heterocycles. The molecule has 1 atom stereocenters. The number of amides is 1. The van der Waals surface area contributed by atoms with Gasteiger partial charge < -0.3 is 14.7 Å². The fraction of sp³-hybridized carbons (Fsp3) is 0.588. The standard InChI is InChI=1S/C17H25NO3/c1-13-6-7-14(2)16(11-13)21-10-8-17(20)18-9-4-3-5-15(18)12-19/h6-7,11,15,19H,3-5,8-10,12H2,1-2H3. The first-order valence-electron chi connectivity index (χ1n) is 7.72. The molecule has 0 aromatic heterocycles. The second kappa shape index (κ2) is 7.46. The fourth-order valence-corrected chi connectivity index (χ4v) is 2.77. The van der Waals surface area contributed by atoms with E-state index in [4.69, 9.17) is 4.74 Å². The van der Waals surface area contributed by atoms with Crippen molar-refractivity contribution in [2.75, 3.05) is 19.8 Å². The van der Waals surface area contributed by atoms with Gasteiger partial charge in [-0.15, -0.1) is 0 Å². The van der Waals surface area contributed by atoms with Gasteiger partial charge in [0.25, 0.3) is 0 Å². The number of piperidine rings is 1. The van der Waals surface area contributed by atoms with E-state index in [2.05, 4.69) is 0 Å². The second-order valence-corrected chi connectivity index (χ2v) is 5.79. The summed E-state index contributed by atoms with van der Waals surface area (Å²) in [5, 5.41) is 9.36. The molecule has 0 radical (unpaired) electrons. The molecule has 4 heteroatoms. The van der Waals surface area contributed by atoms with Crippen LogP contribution in [0.15, 0.2) is 18.2 Å². The Balaban J connectivity index is 1.85. The number of benzene rings is 1. The van der Waals surface area contributed by atoms with E-state index >= 15 is 0 Å². The number of likely N-dealkylation sites (tertiary alicyclic amines) is 1. The van der Waals surface area contributed by atoms with E-state index in [-0.39, 0.29) is 18.6 Å². The molecular weight excluding hydrogens is 266 g/mol. The zero-order chi connectivity index (χ0) is 15.2. The predicted molar refractivity (Wildman–Crippen MR) is 82.5 cm³/mol. The van der Waals surface area contributed by atoms with Gasteiger partial charge in [0.2, 0.25) is 5.91 Å². The average molecular weight is 291 g/mol. The van der Waals surface area contributed by atoms with Gasteiger partial charge in [-0.05, 0) is 50.3 Å². The number of aliphatic hydroxyl groups is 1. The maximum atomic E-state index is 12.2. The maximum Gasteiger partial charge on any atom is 0.226 e. The van der Waals surface area contributed by atoms with Gasteiger partial charge >= 0.3 is 0 Å². The van der Waals surface area contributed by atoms with Crippen LogP contribution in [0.1, 0.15) is 36.8 Å². The lowest BCUT2D eigenvalue weighted by atomic mass is 10.0. The van der Waals surface area contributed by atoms with Crippen LogP contribution in [-0.2, 0) is 4.79 Å². The highest BCUT2D eigenvalue weighted by Gasteiger charge is 2.25. The van der Waals surface area contributed by atoms with Crippen LogP contribution in [0.4, 0.5) is 0 Å². The van der Waals surface area contributed by atoms with Crippen molar-refractivity contribution in [1.82, 2.24) is 4.90 Å². The summed E-state index contributed by atoms with van der Waals surface area (Å²) in [6, 6.07) is 6.07. The Morgan fingerprint density at radius 2 is 2.19 bits per heavy atom. The first kappa shape index (κ1) is 15.8. The molecule has 0 aliphatic carbocycles. The third kappa shape index (κ3) is 4.21. The van der Waals surface area contributed by atoms with E-state index < -0.39 is 0 Å². The SMILES string of the molecule is Cc1ccc(C)c(OCCC(=O)N2CCCCC2CO)c1. The van der Waals surface area contributed by atoms with Gasteiger partial charge in [0, 0.05) is 6.54 Å². The molecule has 0 spiro atoms. The van der Waals surface area contributed by atoms with E-state index in [1.165, 1.54) is 0 Å². The zero-order valence-electron chi connectivity index (χ0n) is 13.0. The van der Waals surface area contributed by atoms with Gasteiger partial charge in [0.1, 0.15) is 5.75 Å². The van der Waals surface area contributed by atoms with Crippen molar-refractivity contribution in [2.24, 2.45) is 0 Å². The van der Waals surface area contributed by atoms with Crippen molar-refractivity contribution < 1.29 is 14.6 Å². The number of carbonyl (C=O) groups is 1. The maximum absolute atomic E-state index is 12.2. The smallest absolute Gasteiger partial charge is 0.226 e. The number of hydrogen-bond acceptors (Lipinski definition) is 3. The van der Waals surface area contributed by atoms with Gasteiger partial charge in [-0.2, -0.15) is 0 Å². The Hall–Kier alpha value is -1.55. The molecule has 2 rings (SSSR count). The summed E-state index contributed by atoms with van der Waals surface area (Å²) in [7, 11) is 0. The molecule has 1 aromatic carbocycles. The van der Waals surface area contributed by atoms with Gasteiger partial charge in [0.15, 0.2) is 0 Å². The van der Waals surface area contributed by atoms with E-state index in [0.29, 0.717) is 13.0 Å². The van der Waals surface area contributed by atoms with Gasteiger partial charge in [-0.3, -0.25) is 4.79 Å². The number of hydrogen-bond donors (Lipinski definition) is 1. The molecule has 0 bridgehead atoms. The first-order valence-corrected chi connectivity index (χ1v) is 7.72. The number of carbonyl (C=O) groups excluding carboxylic acids is 1. The summed E-state index contributed by atoms with van der Waals surface area (Å²) in [6.45, 7) is 5.23. The fourth-order valence-electron chi connectivity index (χ4n) is 2.77. The third-order valence-electron chi connectivity index (χ3n) is 4.08. The predicted octanol–water partition coefficient (Wildman–Crippen LogP) is 2.45. The third-order valence-corrected chi connectivity index (χ3v) is 4.08. The molecule has 1 aliphatic rings. The minimum atomic E-state index is -0.00745. The number of rotatable bonds is 5. The first-order chi connectivity index (χ1) is 10.1. The highest BCUT2D eigenvalue weighted by molar-refractivity contribution is 5.76. The van der Waals surface area contributed by atoms with Crippen LogP contribution in [0.5, 0.6) is 5.75 Å².